The molecular weight excluding hydrogens is 294 g/mol. The Labute approximate surface area is 128 Å². The fraction of sp³-hybridized carbons (Fsp3) is 0.462. The standard InChI is InChI=1S/C13H18ClN5S/c1-4-19(5-2)13-17-11(14)16-12(18-13)15-6-10-8-20-7-9(10)3/h7-8H,4-6H2,1-3H3,(H,15,16,17,18). The van der Waals surface area contributed by atoms with Crippen LogP contribution in [-0.4, -0.2) is 28.0 Å². The summed E-state index contributed by atoms with van der Waals surface area (Å²) in [6, 6.07) is 0. The van der Waals surface area contributed by atoms with Gasteiger partial charge < -0.3 is 10.2 Å². The Bertz CT molecular complexity index is 568. The number of rotatable bonds is 6. The van der Waals surface area contributed by atoms with Gasteiger partial charge in [0.05, 0.1) is 0 Å². The van der Waals surface area contributed by atoms with Crippen LogP contribution in [0.25, 0.3) is 0 Å². The highest BCUT2D eigenvalue weighted by molar-refractivity contribution is 7.08. The van der Waals surface area contributed by atoms with Gasteiger partial charge in [-0.25, -0.2) is 0 Å². The van der Waals surface area contributed by atoms with E-state index in [-0.39, 0.29) is 5.28 Å². The Hall–Kier alpha value is -1.40. The van der Waals surface area contributed by atoms with Gasteiger partial charge in [0.25, 0.3) is 0 Å². The molecule has 2 aromatic heterocycles. The average molecular weight is 312 g/mol. The minimum absolute atomic E-state index is 0.214. The van der Waals surface area contributed by atoms with Crippen LogP contribution in [0.4, 0.5) is 11.9 Å². The van der Waals surface area contributed by atoms with E-state index in [9.17, 15) is 0 Å². The molecule has 2 heterocycles. The summed E-state index contributed by atoms with van der Waals surface area (Å²) in [7, 11) is 0. The van der Waals surface area contributed by atoms with Crippen molar-refractivity contribution in [2.75, 3.05) is 23.3 Å². The molecule has 0 aliphatic heterocycles. The van der Waals surface area contributed by atoms with Crippen molar-refractivity contribution < 1.29 is 0 Å². The second-order valence-electron chi connectivity index (χ2n) is 4.33. The van der Waals surface area contributed by atoms with Gasteiger partial charge in [-0.3, -0.25) is 0 Å². The molecule has 0 unspecified atom stereocenters. The van der Waals surface area contributed by atoms with Gasteiger partial charge in [0.1, 0.15) is 0 Å². The molecule has 0 amide bonds. The Morgan fingerprint density at radius 1 is 1.20 bits per heavy atom. The zero-order valence-corrected chi connectivity index (χ0v) is 13.4. The van der Waals surface area contributed by atoms with Crippen molar-refractivity contribution in [2.24, 2.45) is 0 Å². The summed E-state index contributed by atoms with van der Waals surface area (Å²) in [5.41, 5.74) is 2.52. The number of hydrogen-bond acceptors (Lipinski definition) is 6. The first kappa shape index (κ1) is 15.0. The summed E-state index contributed by atoms with van der Waals surface area (Å²) in [4.78, 5) is 14.7. The van der Waals surface area contributed by atoms with Crippen LogP contribution in [0, 0.1) is 6.92 Å². The molecule has 2 rings (SSSR count). The van der Waals surface area contributed by atoms with E-state index in [4.69, 9.17) is 11.6 Å². The Kier molecular flexibility index (Phi) is 5.14. The van der Waals surface area contributed by atoms with Crippen LogP contribution in [0.15, 0.2) is 10.8 Å². The van der Waals surface area contributed by atoms with E-state index in [0.717, 1.165) is 13.1 Å². The van der Waals surface area contributed by atoms with Gasteiger partial charge in [-0.05, 0) is 54.3 Å². The van der Waals surface area contributed by atoms with E-state index in [1.165, 1.54) is 11.1 Å². The quantitative estimate of drug-likeness (QED) is 0.886. The van der Waals surface area contributed by atoms with Crippen LogP contribution in [0.5, 0.6) is 0 Å². The molecule has 0 bridgehead atoms. The Morgan fingerprint density at radius 3 is 2.55 bits per heavy atom. The van der Waals surface area contributed by atoms with Crippen molar-refractivity contribution >= 4 is 34.8 Å². The first-order valence-corrected chi connectivity index (χ1v) is 7.88. The zero-order chi connectivity index (χ0) is 14.5. The molecule has 0 spiro atoms. The molecule has 7 heteroatoms. The molecule has 0 aromatic carbocycles. The first-order valence-electron chi connectivity index (χ1n) is 6.56. The zero-order valence-electron chi connectivity index (χ0n) is 11.9. The minimum Gasteiger partial charge on any atom is -0.350 e. The smallest absolute Gasteiger partial charge is 0.231 e. The lowest BCUT2D eigenvalue weighted by atomic mass is 10.2. The molecule has 1 N–H and O–H groups in total. The molecular formula is C13H18ClN5S. The summed E-state index contributed by atoms with van der Waals surface area (Å²) >= 11 is 7.67. The highest BCUT2D eigenvalue weighted by Crippen LogP contribution is 2.17. The lowest BCUT2D eigenvalue weighted by Crippen LogP contribution is -2.25. The second-order valence-corrected chi connectivity index (χ2v) is 5.42. The number of nitrogens with zero attached hydrogens (tertiary/aromatic N) is 4. The Morgan fingerprint density at radius 2 is 1.95 bits per heavy atom. The maximum absolute atomic E-state index is 5.97. The van der Waals surface area contributed by atoms with Gasteiger partial charge in [0.2, 0.25) is 17.2 Å². The van der Waals surface area contributed by atoms with E-state index in [0.29, 0.717) is 18.4 Å². The average Bonchev–Trinajstić information content (AvgIpc) is 2.83. The SMILES string of the molecule is CCN(CC)c1nc(Cl)nc(NCc2cscc2C)n1. The number of nitrogens with one attached hydrogen (secondary N) is 1. The number of halogens is 1. The topological polar surface area (TPSA) is 53.9 Å². The lowest BCUT2D eigenvalue weighted by molar-refractivity contribution is 0.811. The van der Waals surface area contributed by atoms with E-state index >= 15 is 0 Å². The highest BCUT2D eigenvalue weighted by Gasteiger charge is 2.10. The van der Waals surface area contributed by atoms with Crippen LogP contribution in [-0.2, 0) is 6.54 Å². The van der Waals surface area contributed by atoms with Crippen LogP contribution in [0.1, 0.15) is 25.0 Å². The molecule has 108 valence electrons. The van der Waals surface area contributed by atoms with E-state index in [1.54, 1.807) is 11.3 Å². The fourth-order valence-electron chi connectivity index (χ4n) is 1.81. The molecule has 0 saturated heterocycles. The van der Waals surface area contributed by atoms with Crippen molar-refractivity contribution in [3.8, 4) is 0 Å². The third kappa shape index (κ3) is 3.58. The lowest BCUT2D eigenvalue weighted by Gasteiger charge is -2.18. The molecule has 0 fully saturated rings. The van der Waals surface area contributed by atoms with Crippen molar-refractivity contribution in [3.05, 3.63) is 27.2 Å². The van der Waals surface area contributed by atoms with Crippen molar-refractivity contribution in [1.82, 2.24) is 15.0 Å². The van der Waals surface area contributed by atoms with Crippen LogP contribution >= 0.6 is 22.9 Å². The summed E-state index contributed by atoms with van der Waals surface area (Å²) in [5, 5.41) is 7.66. The van der Waals surface area contributed by atoms with Gasteiger partial charge in [-0.15, -0.1) is 0 Å². The van der Waals surface area contributed by atoms with Crippen LogP contribution < -0.4 is 10.2 Å². The number of aryl methyl sites for hydroxylation is 1. The van der Waals surface area contributed by atoms with Gasteiger partial charge in [-0.2, -0.15) is 26.3 Å². The van der Waals surface area contributed by atoms with Crippen molar-refractivity contribution in [1.29, 1.82) is 0 Å². The van der Waals surface area contributed by atoms with Gasteiger partial charge in [-0.1, -0.05) is 0 Å². The van der Waals surface area contributed by atoms with E-state index in [1.807, 2.05) is 4.90 Å². The van der Waals surface area contributed by atoms with E-state index < -0.39 is 0 Å². The molecule has 20 heavy (non-hydrogen) atoms. The molecule has 0 atom stereocenters. The minimum atomic E-state index is 0.214. The number of thiophene rings is 1. The summed E-state index contributed by atoms with van der Waals surface area (Å²) in [6.07, 6.45) is 0. The fourth-order valence-corrected chi connectivity index (χ4v) is 2.82. The predicted octanol–water partition coefficient (Wildman–Crippen LogP) is 3.35. The summed E-state index contributed by atoms with van der Waals surface area (Å²) in [6.45, 7) is 8.56. The van der Waals surface area contributed by atoms with E-state index in [2.05, 4.69) is 51.8 Å². The van der Waals surface area contributed by atoms with Crippen LogP contribution in [0.2, 0.25) is 5.28 Å². The van der Waals surface area contributed by atoms with Crippen molar-refractivity contribution in [3.63, 3.8) is 0 Å². The predicted molar refractivity (Wildman–Crippen MR) is 84.8 cm³/mol. The summed E-state index contributed by atoms with van der Waals surface area (Å²) < 4.78 is 0. The number of aromatic nitrogens is 3. The molecule has 2 aromatic rings. The Balaban J connectivity index is 2.13. The summed E-state index contributed by atoms with van der Waals surface area (Å²) in [5.74, 6) is 1.12. The third-order valence-corrected chi connectivity index (χ3v) is 4.12. The first-order chi connectivity index (χ1) is 9.63. The molecule has 0 aliphatic carbocycles. The molecule has 5 nitrogen and oxygen atoms in total. The van der Waals surface area contributed by atoms with Gasteiger partial charge in [0.15, 0.2) is 0 Å². The maximum Gasteiger partial charge on any atom is 0.231 e. The highest BCUT2D eigenvalue weighted by atomic mass is 35.5. The third-order valence-electron chi connectivity index (χ3n) is 3.04. The second kappa shape index (κ2) is 6.85. The number of hydrogen-bond donors (Lipinski definition) is 1. The van der Waals surface area contributed by atoms with Gasteiger partial charge >= 0.3 is 0 Å². The number of anilines is 2. The molecule has 0 radical (unpaired) electrons. The molecule has 0 saturated carbocycles. The largest absolute Gasteiger partial charge is 0.350 e. The monoisotopic (exact) mass is 311 g/mol. The molecule has 0 aliphatic rings. The van der Waals surface area contributed by atoms with Crippen LogP contribution in [0.3, 0.4) is 0 Å². The van der Waals surface area contributed by atoms with Gasteiger partial charge in [0, 0.05) is 19.6 Å². The van der Waals surface area contributed by atoms with Crippen molar-refractivity contribution in [2.45, 2.75) is 27.3 Å². The normalized spacial score (nSPS) is 10.6. The maximum atomic E-state index is 5.97.